The van der Waals surface area contributed by atoms with Crippen molar-refractivity contribution in [2.24, 2.45) is 0 Å². The number of carbonyl (C=O) groups is 1. The average Bonchev–Trinajstić information content (AvgIpc) is 2.59. The SMILES string of the molecule is C=CCNC(=O)c1ccc(S(=O)(=O)N(C)C2CCCCC2)cc1. The molecule has 0 bridgehead atoms. The minimum absolute atomic E-state index is 0.0734. The molecule has 0 heterocycles. The second kappa shape index (κ2) is 7.75. The van der Waals surface area contributed by atoms with Gasteiger partial charge in [-0.1, -0.05) is 25.3 Å². The molecule has 5 nitrogen and oxygen atoms in total. The van der Waals surface area contributed by atoms with E-state index in [9.17, 15) is 13.2 Å². The first-order chi connectivity index (χ1) is 11.0. The molecule has 1 amide bonds. The molecule has 126 valence electrons. The minimum Gasteiger partial charge on any atom is -0.349 e. The van der Waals surface area contributed by atoms with Gasteiger partial charge < -0.3 is 5.32 Å². The van der Waals surface area contributed by atoms with Crippen molar-refractivity contribution >= 4 is 15.9 Å². The maximum atomic E-state index is 12.7. The zero-order valence-corrected chi connectivity index (χ0v) is 14.3. The second-order valence-electron chi connectivity index (χ2n) is 5.84. The van der Waals surface area contributed by atoms with Crippen LogP contribution in [0, 0.1) is 0 Å². The first-order valence-electron chi connectivity index (χ1n) is 7.94. The van der Waals surface area contributed by atoms with E-state index in [4.69, 9.17) is 0 Å². The number of amides is 1. The van der Waals surface area contributed by atoms with Gasteiger partial charge in [0.25, 0.3) is 5.91 Å². The lowest BCUT2D eigenvalue weighted by atomic mass is 9.96. The molecule has 1 aliphatic rings. The Labute approximate surface area is 138 Å². The number of nitrogens with zero attached hydrogens (tertiary/aromatic N) is 1. The number of rotatable bonds is 6. The van der Waals surface area contributed by atoms with Crippen molar-refractivity contribution in [2.45, 2.75) is 43.0 Å². The molecule has 1 N–H and O–H groups in total. The van der Waals surface area contributed by atoms with Crippen LogP contribution in [0.15, 0.2) is 41.8 Å². The van der Waals surface area contributed by atoms with E-state index >= 15 is 0 Å². The lowest BCUT2D eigenvalue weighted by molar-refractivity contribution is 0.0958. The van der Waals surface area contributed by atoms with Crippen LogP contribution in [0.3, 0.4) is 0 Å². The van der Waals surface area contributed by atoms with Crippen molar-refractivity contribution < 1.29 is 13.2 Å². The van der Waals surface area contributed by atoms with Crippen molar-refractivity contribution in [3.05, 3.63) is 42.5 Å². The van der Waals surface area contributed by atoms with E-state index in [0.29, 0.717) is 12.1 Å². The van der Waals surface area contributed by atoms with Gasteiger partial charge in [0, 0.05) is 25.2 Å². The van der Waals surface area contributed by atoms with Gasteiger partial charge in [0.05, 0.1) is 4.90 Å². The van der Waals surface area contributed by atoms with Crippen LogP contribution in [0.25, 0.3) is 0 Å². The average molecular weight is 336 g/mol. The topological polar surface area (TPSA) is 66.5 Å². The van der Waals surface area contributed by atoms with E-state index in [1.54, 1.807) is 25.3 Å². The van der Waals surface area contributed by atoms with Gasteiger partial charge in [-0.05, 0) is 37.1 Å². The standard InChI is InChI=1S/C17H24N2O3S/c1-3-13-18-17(20)14-9-11-16(12-10-14)23(21,22)19(2)15-7-5-4-6-8-15/h3,9-12,15H,1,4-8,13H2,2H3,(H,18,20). The van der Waals surface area contributed by atoms with Gasteiger partial charge in [0.2, 0.25) is 10.0 Å². The number of nitrogens with one attached hydrogen (secondary N) is 1. The fraction of sp³-hybridized carbons (Fsp3) is 0.471. The fourth-order valence-electron chi connectivity index (χ4n) is 2.85. The Hall–Kier alpha value is -1.66. The molecular formula is C17H24N2O3S. The highest BCUT2D eigenvalue weighted by molar-refractivity contribution is 7.89. The van der Waals surface area contributed by atoms with E-state index in [1.165, 1.54) is 22.9 Å². The molecule has 1 aromatic rings. The van der Waals surface area contributed by atoms with Crippen molar-refractivity contribution in [3.8, 4) is 0 Å². The smallest absolute Gasteiger partial charge is 0.251 e. The summed E-state index contributed by atoms with van der Waals surface area (Å²) in [5, 5.41) is 2.66. The molecule has 0 radical (unpaired) electrons. The second-order valence-corrected chi connectivity index (χ2v) is 7.83. The van der Waals surface area contributed by atoms with Crippen LogP contribution in [0.4, 0.5) is 0 Å². The van der Waals surface area contributed by atoms with Gasteiger partial charge in [-0.3, -0.25) is 4.79 Å². The molecule has 0 aliphatic heterocycles. The van der Waals surface area contributed by atoms with Crippen LogP contribution < -0.4 is 5.32 Å². The zero-order chi connectivity index (χ0) is 16.9. The summed E-state index contributed by atoms with van der Waals surface area (Å²) in [6.07, 6.45) is 6.75. The van der Waals surface area contributed by atoms with Gasteiger partial charge in [-0.25, -0.2) is 8.42 Å². The predicted octanol–water partition coefficient (Wildman–Crippen LogP) is 2.56. The Bertz CT molecular complexity index is 647. The van der Waals surface area contributed by atoms with E-state index in [1.807, 2.05) is 0 Å². The summed E-state index contributed by atoms with van der Waals surface area (Å²) in [7, 11) is -1.86. The molecule has 0 atom stereocenters. The summed E-state index contributed by atoms with van der Waals surface area (Å²) < 4.78 is 26.9. The minimum atomic E-state index is -3.51. The molecule has 6 heteroatoms. The van der Waals surface area contributed by atoms with Crippen molar-refractivity contribution in [1.82, 2.24) is 9.62 Å². The summed E-state index contributed by atoms with van der Waals surface area (Å²) in [5.41, 5.74) is 0.436. The molecule has 0 aromatic heterocycles. The predicted molar refractivity (Wildman–Crippen MR) is 90.8 cm³/mol. The van der Waals surface area contributed by atoms with E-state index in [-0.39, 0.29) is 16.8 Å². The number of benzene rings is 1. The Kier molecular flexibility index (Phi) is 5.96. The van der Waals surface area contributed by atoms with Crippen LogP contribution in [-0.2, 0) is 10.0 Å². The van der Waals surface area contributed by atoms with Gasteiger partial charge >= 0.3 is 0 Å². The summed E-state index contributed by atoms with van der Waals surface area (Å²) >= 11 is 0. The van der Waals surface area contributed by atoms with Crippen LogP contribution >= 0.6 is 0 Å². The molecule has 2 rings (SSSR count). The van der Waals surface area contributed by atoms with Crippen LogP contribution in [-0.4, -0.2) is 38.3 Å². The Morgan fingerprint density at radius 1 is 1.26 bits per heavy atom. The van der Waals surface area contributed by atoms with Gasteiger partial charge in [-0.2, -0.15) is 4.31 Å². The molecule has 1 aliphatic carbocycles. The van der Waals surface area contributed by atoms with Gasteiger partial charge in [-0.15, -0.1) is 6.58 Å². The molecular weight excluding hydrogens is 312 g/mol. The Morgan fingerprint density at radius 2 is 1.87 bits per heavy atom. The third-order valence-electron chi connectivity index (χ3n) is 4.29. The summed E-state index contributed by atoms with van der Waals surface area (Å²) in [6.45, 7) is 3.92. The number of hydrogen-bond acceptors (Lipinski definition) is 3. The quantitative estimate of drug-likeness (QED) is 0.812. The van der Waals surface area contributed by atoms with Crippen molar-refractivity contribution in [3.63, 3.8) is 0 Å². The van der Waals surface area contributed by atoms with Crippen LogP contribution in [0.1, 0.15) is 42.5 Å². The molecule has 0 spiro atoms. The maximum Gasteiger partial charge on any atom is 0.251 e. The third kappa shape index (κ3) is 4.20. The maximum absolute atomic E-state index is 12.7. The summed E-state index contributed by atoms with van der Waals surface area (Å²) in [4.78, 5) is 12.1. The third-order valence-corrected chi connectivity index (χ3v) is 6.21. The first kappa shape index (κ1) is 17.7. The van der Waals surface area contributed by atoms with Crippen molar-refractivity contribution in [1.29, 1.82) is 0 Å². The molecule has 0 saturated heterocycles. The lowest BCUT2D eigenvalue weighted by Gasteiger charge is -2.30. The summed E-state index contributed by atoms with van der Waals surface area (Å²) in [5.74, 6) is -0.241. The van der Waals surface area contributed by atoms with E-state index < -0.39 is 10.0 Å². The molecule has 0 unspecified atom stereocenters. The Balaban J connectivity index is 2.13. The molecule has 23 heavy (non-hydrogen) atoms. The number of sulfonamides is 1. The highest BCUT2D eigenvalue weighted by atomic mass is 32.2. The van der Waals surface area contributed by atoms with Gasteiger partial charge in [0.15, 0.2) is 0 Å². The van der Waals surface area contributed by atoms with E-state index in [0.717, 1.165) is 25.7 Å². The number of carbonyl (C=O) groups excluding carboxylic acids is 1. The Morgan fingerprint density at radius 3 is 2.43 bits per heavy atom. The molecule has 1 saturated carbocycles. The highest BCUT2D eigenvalue weighted by Crippen LogP contribution is 2.26. The van der Waals surface area contributed by atoms with Crippen LogP contribution in [0.5, 0.6) is 0 Å². The normalized spacial score (nSPS) is 16.3. The number of hydrogen-bond donors (Lipinski definition) is 1. The first-order valence-corrected chi connectivity index (χ1v) is 9.38. The lowest BCUT2D eigenvalue weighted by Crippen LogP contribution is -2.38. The van der Waals surface area contributed by atoms with Gasteiger partial charge in [0.1, 0.15) is 0 Å². The molecule has 1 aromatic carbocycles. The largest absolute Gasteiger partial charge is 0.349 e. The van der Waals surface area contributed by atoms with Crippen molar-refractivity contribution in [2.75, 3.05) is 13.6 Å². The molecule has 1 fully saturated rings. The van der Waals surface area contributed by atoms with Crippen LogP contribution in [0.2, 0.25) is 0 Å². The zero-order valence-electron chi connectivity index (χ0n) is 13.5. The van der Waals surface area contributed by atoms with E-state index in [2.05, 4.69) is 11.9 Å². The summed E-state index contributed by atoms with van der Waals surface area (Å²) in [6, 6.07) is 6.15. The fourth-order valence-corrected chi connectivity index (χ4v) is 4.27. The monoisotopic (exact) mass is 336 g/mol. The highest BCUT2D eigenvalue weighted by Gasteiger charge is 2.29.